The highest BCUT2D eigenvalue weighted by atomic mass is 19.1. The molecule has 0 spiro atoms. The van der Waals surface area contributed by atoms with Gasteiger partial charge in [-0.3, -0.25) is 4.79 Å². The molecule has 0 bridgehead atoms. The first kappa shape index (κ1) is 14.6. The van der Waals surface area contributed by atoms with Gasteiger partial charge in [-0.1, -0.05) is 13.8 Å². The second-order valence-corrected chi connectivity index (χ2v) is 5.12. The molecule has 100 valence electrons. The first-order valence-electron chi connectivity index (χ1n) is 5.93. The van der Waals surface area contributed by atoms with Crippen molar-refractivity contribution in [3.63, 3.8) is 0 Å². The average Bonchev–Trinajstić information content (AvgIpc) is 2.25. The second-order valence-electron chi connectivity index (χ2n) is 5.12. The molecule has 4 nitrogen and oxygen atoms in total. The summed E-state index contributed by atoms with van der Waals surface area (Å²) in [5, 5.41) is 12.5. The van der Waals surface area contributed by atoms with Crippen molar-refractivity contribution in [1.82, 2.24) is 10.3 Å². The molecule has 1 amide bonds. The summed E-state index contributed by atoms with van der Waals surface area (Å²) in [4.78, 5) is 15.1. The summed E-state index contributed by atoms with van der Waals surface area (Å²) in [5.74, 6) is -1.06. The topological polar surface area (TPSA) is 62.2 Å². The molecular formula is C13H19FN2O2. The number of pyridine rings is 1. The molecule has 0 saturated heterocycles. The molecule has 0 aliphatic carbocycles. The van der Waals surface area contributed by atoms with E-state index in [1.54, 1.807) is 6.92 Å². The minimum absolute atomic E-state index is 0.0817. The number of carbonyl (C=O) groups is 1. The highest BCUT2D eigenvalue weighted by Gasteiger charge is 2.23. The Hall–Kier alpha value is -1.49. The van der Waals surface area contributed by atoms with E-state index in [-0.39, 0.29) is 12.1 Å². The third-order valence-corrected chi connectivity index (χ3v) is 2.48. The van der Waals surface area contributed by atoms with Crippen LogP contribution in [0.1, 0.15) is 37.6 Å². The maximum atomic E-state index is 13.2. The molecule has 0 radical (unpaired) electrons. The average molecular weight is 254 g/mol. The van der Waals surface area contributed by atoms with Crippen molar-refractivity contribution in [1.29, 1.82) is 0 Å². The van der Waals surface area contributed by atoms with Gasteiger partial charge in [0.05, 0.1) is 11.2 Å². The molecule has 1 atom stereocenters. The maximum absolute atomic E-state index is 13.2. The number of hydrogen-bond donors (Lipinski definition) is 2. The summed E-state index contributed by atoms with van der Waals surface area (Å²) in [6, 6.07) is 2.85. The molecule has 0 aromatic carbocycles. The van der Waals surface area contributed by atoms with Crippen LogP contribution in [0.4, 0.5) is 4.39 Å². The normalized spacial score (nSPS) is 14.3. The van der Waals surface area contributed by atoms with E-state index in [9.17, 15) is 14.3 Å². The number of halogens is 1. The summed E-state index contributed by atoms with van der Waals surface area (Å²) in [6.07, 6.45) is 1.84. The minimum Gasteiger partial charge on any atom is -0.388 e. The van der Waals surface area contributed by atoms with Crippen LogP contribution in [0.25, 0.3) is 0 Å². The minimum atomic E-state index is -0.998. The monoisotopic (exact) mass is 254 g/mol. The van der Waals surface area contributed by atoms with Gasteiger partial charge in [-0.25, -0.2) is 4.98 Å². The van der Waals surface area contributed by atoms with Gasteiger partial charge in [-0.2, -0.15) is 4.39 Å². The lowest BCUT2D eigenvalue weighted by molar-refractivity contribution is 0.0367. The lowest BCUT2D eigenvalue weighted by Crippen LogP contribution is -2.41. The van der Waals surface area contributed by atoms with E-state index in [1.165, 1.54) is 18.3 Å². The van der Waals surface area contributed by atoms with Crippen LogP contribution in [-0.2, 0) is 0 Å². The van der Waals surface area contributed by atoms with Crippen molar-refractivity contribution in [2.75, 3.05) is 6.54 Å². The van der Waals surface area contributed by atoms with E-state index < -0.39 is 17.5 Å². The fourth-order valence-corrected chi connectivity index (χ4v) is 1.87. The summed E-state index contributed by atoms with van der Waals surface area (Å²) < 4.78 is 13.2. The molecule has 2 N–H and O–H groups in total. The van der Waals surface area contributed by atoms with Crippen molar-refractivity contribution >= 4 is 5.91 Å². The Labute approximate surface area is 106 Å². The zero-order valence-electron chi connectivity index (χ0n) is 10.9. The van der Waals surface area contributed by atoms with Gasteiger partial charge in [0.25, 0.3) is 5.91 Å². The predicted molar refractivity (Wildman–Crippen MR) is 66.6 cm³/mol. The quantitative estimate of drug-likeness (QED) is 0.787. The number of nitrogens with zero attached hydrogens (tertiary/aromatic N) is 1. The fraction of sp³-hybridized carbons (Fsp3) is 0.538. The number of carbonyl (C=O) groups excluding carboxylic acids is 1. The van der Waals surface area contributed by atoms with Crippen molar-refractivity contribution < 1.29 is 14.3 Å². The Morgan fingerprint density at radius 1 is 1.61 bits per heavy atom. The standard InChI is InChI=1S/C13H19FN2O2/c1-9(2)7-13(3,18)8-16-12(17)10-5-4-6-15-11(10)14/h4-6,9,18H,7-8H2,1-3H3,(H,16,17). The molecule has 0 saturated carbocycles. The Balaban J connectivity index is 2.59. The first-order chi connectivity index (χ1) is 8.32. The third-order valence-electron chi connectivity index (χ3n) is 2.48. The van der Waals surface area contributed by atoms with Gasteiger partial charge in [0, 0.05) is 12.7 Å². The maximum Gasteiger partial charge on any atom is 0.256 e. The molecule has 1 unspecified atom stereocenters. The van der Waals surface area contributed by atoms with Crippen LogP contribution in [0.2, 0.25) is 0 Å². The van der Waals surface area contributed by atoms with Gasteiger partial charge in [0.1, 0.15) is 0 Å². The second kappa shape index (κ2) is 5.91. The summed E-state index contributed by atoms with van der Waals surface area (Å²) in [6.45, 7) is 5.69. The molecule has 18 heavy (non-hydrogen) atoms. The zero-order chi connectivity index (χ0) is 13.8. The Kier molecular flexibility index (Phi) is 4.78. The lowest BCUT2D eigenvalue weighted by atomic mass is 9.94. The highest BCUT2D eigenvalue weighted by molar-refractivity contribution is 5.94. The van der Waals surface area contributed by atoms with E-state index in [1.807, 2.05) is 13.8 Å². The Bertz CT molecular complexity index is 419. The molecular weight excluding hydrogens is 235 g/mol. The summed E-state index contributed by atoms with van der Waals surface area (Å²) >= 11 is 0. The van der Waals surface area contributed by atoms with E-state index in [0.717, 1.165) is 0 Å². The van der Waals surface area contributed by atoms with Crippen molar-refractivity contribution in [2.24, 2.45) is 5.92 Å². The van der Waals surface area contributed by atoms with Gasteiger partial charge < -0.3 is 10.4 Å². The van der Waals surface area contributed by atoms with Gasteiger partial charge in [0.15, 0.2) is 0 Å². The number of nitrogens with one attached hydrogen (secondary N) is 1. The first-order valence-corrected chi connectivity index (χ1v) is 5.93. The van der Waals surface area contributed by atoms with Crippen LogP contribution in [-0.4, -0.2) is 28.1 Å². The SMILES string of the molecule is CC(C)CC(C)(O)CNC(=O)c1cccnc1F. The Morgan fingerprint density at radius 3 is 2.83 bits per heavy atom. The van der Waals surface area contributed by atoms with Crippen molar-refractivity contribution in [3.8, 4) is 0 Å². The number of aliphatic hydroxyl groups is 1. The summed E-state index contributed by atoms with van der Waals surface area (Å²) in [5.41, 5.74) is -1.11. The molecule has 5 heteroatoms. The number of hydrogen-bond acceptors (Lipinski definition) is 3. The van der Waals surface area contributed by atoms with Gasteiger partial charge in [0.2, 0.25) is 5.95 Å². The lowest BCUT2D eigenvalue weighted by Gasteiger charge is -2.25. The molecule has 0 fully saturated rings. The van der Waals surface area contributed by atoms with Gasteiger partial charge in [-0.05, 0) is 31.4 Å². The van der Waals surface area contributed by atoms with Crippen molar-refractivity contribution in [3.05, 3.63) is 29.8 Å². The highest BCUT2D eigenvalue weighted by Crippen LogP contribution is 2.15. The number of aromatic nitrogens is 1. The van der Waals surface area contributed by atoms with E-state index >= 15 is 0 Å². The van der Waals surface area contributed by atoms with Gasteiger partial charge >= 0.3 is 0 Å². The smallest absolute Gasteiger partial charge is 0.256 e. The molecule has 1 heterocycles. The third kappa shape index (κ3) is 4.41. The molecule has 0 aliphatic heterocycles. The predicted octanol–water partition coefficient (Wildman–Crippen LogP) is 1.75. The number of rotatable bonds is 5. The van der Waals surface area contributed by atoms with E-state index in [2.05, 4.69) is 10.3 Å². The van der Waals surface area contributed by atoms with Crippen LogP contribution in [0.3, 0.4) is 0 Å². The van der Waals surface area contributed by atoms with Crippen LogP contribution in [0.15, 0.2) is 18.3 Å². The summed E-state index contributed by atoms with van der Waals surface area (Å²) in [7, 11) is 0. The van der Waals surface area contributed by atoms with E-state index in [0.29, 0.717) is 12.3 Å². The van der Waals surface area contributed by atoms with E-state index in [4.69, 9.17) is 0 Å². The molecule has 1 aromatic heterocycles. The van der Waals surface area contributed by atoms with Crippen LogP contribution in [0.5, 0.6) is 0 Å². The van der Waals surface area contributed by atoms with Crippen LogP contribution < -0.4 is 5.32 Å². The van der Waals surface area contributed by atoms with Gasteiger partial charge in [-0.15, -0.1) is 0 Å². The number of amides is 1. The molecule has 1 rings (SSSR count). The van der Waals surface area contributed by atoms with Crippen LogP contribution in [0, 0.1) is 11.9 Å². The fourth-order valence-electron chi connectivity index (χ4n) is 1.87. The van der Waals surface area contributed by atoms with Crippen molar-refractivity contribution in [2.45, 2.75) is 32.8 Å². The largest absolute Gasteiger partial charge is 0.388 e. The molecule has 0 aliphatic rings. The molecule has 1 aromatic rings. The Morgan fingerprint density at radius 2 is 2.28 bits per heavy atom. The zero-order valence-corrected chi connectivity index (χ0v) is 10.9. The van der Waals surface area contributed by atoms with Crippen LogP contribution >= 0.6 is 0 Å².